The van der Waals surface area contributed by atoms with Crippen LogP contribution >= 0.6 is 11.6 Å². The van der Waals surface area contributed by atoms with Crippen LogP contribution in [0.25, 0.3) is 0 Å². The van der Waals surface area contributed by atoms with E-state index in [0.29, 0.717) is 6.54 Å². The predicted octanol–water partition coefficient (Wildman–Crippen LogP) is 3.69. The van der Waals surface area contributed by atoms with Crippen LogP contribution in [0.4, 0.5) is 18.9 Å². The number of halogens is 4. The monoisotopic (exact) mass is 308 g/mol. The largest absolute Gasteiger partial charge is 0.417 e. The number of carbonyl (C=O) groups is 1. The van der Waals surface area contributed by atoms with Crippen LogP contribution in [0.1, 0.15) is 26.3 Å². The lowest BCUT2D eigenvalue weighted by molar-refractivity contribution is -0.137. The molecule has 0 bridgehead atoms. The summed E-state index contributed by atoms with van der Waals surface area (Å²) >= 11 is 5.51. The summed E-state index contributed by atoms with van der Waals surface area (Å²) in [6.45, 7) is 5.69. The van der Waals surface area contributed by atoms with Gasteiger partial charge in [0, 0.05) is 5.69 Å². The summed E-state index contributed by atoms with van der Waals surface area (Å²) in [7, 11) is 0. The summed E-state index contributed by atoms with van der Waals surface area (Å²) in [6.07, 6.45) is -4.56. The van der Waals surface area contributed by atoms with Gasteiger partial charge in [-0.05, 0) is 38.6 Å². The molecule has 0 aliphatic carbocycles. The normalized spacial score (nSPS) is 12.3. The number of rotatable bonds is 4. The molecule has 0 fully saturated rings. The molecule has 7 heteroatoms. The number of nitrogens with one attached hydrogen (secondary N) is 2. The van der Waals surface area contributed by atoms with Gasteiger partial charge in [-0.3, -0.25) is 4.79 Å². The molecular weight excluding hydrogens is 293 g/mol. The molecule has 1 rings (SSSR count). The van der Waals surface area contributed by atoms with E-state index in [1.165, 1.54) is 6.07 Å². The van der Waals surface area contributed by atoms with Gasteiger partial charge in [-0.2, -0.15) is 13.2 Å². The molecule has 1 aromatic carbocycles. The van der Waals surface area contributed by atoms with E-state index in [4.69, 9.17) is 11.6 Å². The van der Waals surface area contributed by atoms with Crippen molar-refractivity contribution >= 4 is 23.2 Å². The first-order valence-electron chi connectivity index (χ1n) is 6.01. The highest BCUT2D eigenvalue weighted by Gasteiger charge is 2.34. The number of carbonyl (C=O) groups excluding carboxylic acids is 1. The van der Waals surface area contributed by atoms with Gasteiger partial charge in [-0.1, -0.05) is 18.5 Å². The third kappa shape index (κ3) is 4.11. The minimum atomic E-state index is -4.56. The molecule has 0 saturated heterocycles. The minimum Gasteiger partial charge on any atom is -0.324 e. The van der Waals surface area contributed by atoms with Gasteiger partial charge < -0.3 is 10.6 Å². The summed E-state index contributed by atoms with van der Waals surface area (Å²) in [6, 6.07) is 3.26. The summed E-state index contributed by atoms with van der Waals surface area (Å²) in [4.78, 5) is 12.0. The van der Waals surface area contributed by atoms with Crippen molar-refractivity contribution in [3.8, 4) is 0 Å². The summed E-state index contributed by atoms with van der Waals surface area (Å²) < 4.78 is 38.1. The fraction of sp³-hybridized carbons (Fsp3) is 0.462. The number of hydrogen-bond acceptors (Lipinski definition) is 2. The fourth-order valence-electron chi connectivity index (χ4n) is 1.63. The van der Waals surface area contributed by atoms with Crippen molar-refractivity contribution in [2.75, 3.05) is 11.9 Å². The van der Waals surface area contributed by atoms with Crippen LogP contribution in [0.2, 0.25) is 5.02 Å². The van der Waals surface area contributed by atoms with Crippen LogP contribution in [-0.4, -0.2) is 18.0 Å². The van der Waals surface area contributed by atoms with Crippen molar-refractivity contribution < 1.29 is 18.0 Å². The molecule has 0 saturated carbocycles. The van der Waals surface area contributed by atoms with Gasteiger partial charge in [-0.25, -0.2) is 0 Å². The molecule has 0 radical (unpaired) electrons. The highest BCUT2D eigenvalue weighted by molar-refractivity contribution is 6.31. The van der Waals surface area contributed by atoms with E-state index in [0.717, 1.165) is 12.1 Å². The van der Waals surface area contributed by atoms with Crippen LogP contribution in [0.3, 0.4) is 0 Å². The maximum Gasteiger partial charge on any atom is 0.417 e. The zero-order chi connectivity index (χ0) is 15.6. The minimum absolute atomic E-state index is 0.0534. The van der Waals surface area contributed by atoms with E-state index < -0.39 is 28.2 Å². The Morgan fingerprint density at radius 3 is 2.40 bits per heavy atom. The van der Waals surface area contributed by atoms with Crippen LogP contribution in [0, 0.1) is 0 Å². The SMILES string of the molecule is CCNC(C)(C)C(=O)Nc1ccc(Cl)c(C(F)(F)F)c1. The van der Waals surface area contributed by atoms with E-state index in [-0.39, 0.29) is 5.69 Å². The predicted molar refractivity (Wildman–Crippen MR) is 72.8 cm³/mol. The quantitative estimate of drug-likeness (QED) is 0.891. The topological polar surface area (TPSA) is 41.1 Å². The average molecular weight is 309 g/mol. The maximum atomic E-state index is 12.7. The van der Waals surface area contributed by atoms with Gasteiger partial charge in [0.15, 0.2) is 0 Å². The first-order valence-corrected chi connectivity index (χ1v) is 6.39. The maximum absolute atomic E-state index is 12.7. The van der Waals surface area contributed by atoms with Crippen LogP contribution in [-0.2, 0) is 11.0 Å². The molecule has 0 atom stereocenters. The van der Waals surface area contributed by atoms with Crippen LogP contribution in [0.15, 0.2) is 18.2 Å². The lowest BCUT2D eigenvalue weighted by Gasteiger charge is -2.24. The van der Waals surface area contributed by atoms with Gasteiger partial charge in [0.1, 0.15) is 0 Å². The Balaban J connectivity index is 2.97. The third-order valence-corrected chi connectivity index (χ3v) is 3.05. The first kappa shape index (κ1) is 16.8. The van der Waals surface area contributed by atoms with Gasteiger partial charge in [-0.15, -0.1) is 0 Å². The van der Waals surface area contributed by atoms with E-state index >= 15 is 0 Å². The van der Waals surface area contributed by atoms with Crippen LogP contribution < -0.4 is 10.6 Å². The lowest BCUT2D eigenvalue weighted by Crippen LogP contribution is -2.49. The number of alkyl halides is 3. The highest BCUT2D eigenvalue weighted by atomic mass is 35.5. The Labute approximate surface area is 120 Å². The fourth-order valence-corrected chi connectivity index (χ4v) is 1.85. The molecule has 0 aliphatic rings. The number of benzene rings is 1. The smallest absolute Gasteiger partial charge is 0.324 e. The second-order valence-corrected chi connectivity index (χ2v) is 5.21. The number of amides is 1. The molecule has 1 amide bonds. The van der Waals surface area contributed by atoms with Gasteiger partial charge >= 0.3 is 6.18 Å². The molecule has 0 aromatic heterocycles. The van der Waals surface area contributed by atoms with Crippen molar-refractivity contribution in [3.05, 3.63) is 28.8 Å². The van der Waals surface area contributed by atoms with Gasteiger partial charge in [0.05, 0.1) is 16.1 Å². The van der Waals surface area contributed by atoms with Gasteiger partial charge in [0.25, 0.3) is 0 Å². The van der Waals surface area contributed by atoms with E-state index in [1.54, 1.807) is 13.8 Å². The molecular formula is C13H16ClF3N2O. The second kappa shape index (κ2) is 6.01. The molecule has 0 spiro atoms. The average Bonchev–Trinajstić information content (AvgIpc) is 2.30. The summed E-state index contributed by atoms with van der Waals surface area (Å²) in [5, 5.41) is 4.98. The van der Waals surface area contributed by atoms with Crippen molar-refractivity contribution in [2.45, 2.75) is 32.5 Å². The zero-order valence-electron chi connectivity index (χ0n) is 11.4. The molecule has 3 nitrogen and oxygen atoms in total. The Hall–Kier alpha value is -1.27. The third-order valence-electron chi connectivity index (χ3n) is 2.72. The molecule has 0 heterocycles. The molecule has 0 unspecified atom stereocenters. The Morgan fingerprint density at radius 1 is 1.30 bits per heavy atom. The standard InChI is InChI=1S/C13H16ClF3N2O/c1-4-18-12(2,3)11(20)19-8-5-6-10(14)9(7-8)13(15,16)17/h5-7,18H,4H2,1-3H3,(H,19,20). The zero-order valence-corrected chi connectivity index (χ0v) is 12.1. The Kier molecular flexibility index (Phi) is 5.05. The molecule has 1 aromatic rings. The number of likely N-dealkylation sites (N-methyl/N-ethyl adjacent to an activating group) is 1. The van der Waals surface area contributed by atoms with E-state index in [1.807, 2.05) is 6.92 Å². The molecule has 112 valence electrons. The summed E-state index contributed by atoms with van der Waals surface area (Å²) in [5.74, 6) is -0.421. The number of hydrogen-bond donors (Lipinski definition) is 2. The first-order chi connectivity index (χ1) is 9.08. The van der Waals surface area contributed by atoms with Crippen molar-refractivity contribution in [1.82, 2.24) is 5.32 Å². The second-order valence-electron chi connectivity index (χ2n) is 4.80. The van der Waals surface area contributed by atoms with Crippen molar-refractivity contribution in [2.24, 2.45) is 0 Å². The van der Waals surface area contributed by atoms with E-state index in [2.05, 4.69) is 10.6 Å². The highest BCUT2D eigenvalue weighted by Crippen LogP contribution is 2.36. The molecule has 20 heavy (non-hydrogen) atoms. The molecule has 0 aliphatic heterocycles. The van der Waals surface area contributed by atoms with Crippen molar-refractivity contribution in [1.29, 1.82) is 0 Å². The number of anilines is 1. The van der Waals surface area contributed by atoms with Crippen LogP contribution in [0.5, 0.6) is 0 Å². The molecule has 2 N–H and O–H groups in total. The van der Waals surface area contributed by atoms with Crippen molar-refractivity contribution in [3.63, 3.8) is 0 Å². The Morgan fingerprint density at radius 2 is 1.90 bits per heavy atom. The van der Waals surface area contributed by atoms with E-state index in [9.17, 15) is 18.0 Å². The van der Waals surface area contributed by atoms with Gasteiger partial charge in [0.2, 0.25) is 5.91 Å². The lowest BCUT2D eigenvalue weighted by atomic mass is 10.0. The Bertz CT molecular complexity index is 501. The summed E-state index contributed by atoms with van der Waals surface area (Å²) in [5.41, 5.74) is -1.80.